The summed E-state index contributed by atoms with van der Waals surface area (Å²) in [5.74, 6) is -0.115. The van der Waals surface area contributed by atoms with Gasteiger partial charge in [-0.25, -0.2) is 4.79 Å². The molecule has 0 atom stereocenters. The fourth-order valence-electron chi connectivity index (χ4n) is 1.07. The summed E-state index contributed by atoms with van der Waals surface area (Å²) in [6, 6.07) is 9.81. The fraction of sp³-hybridized carbons (Fsp3) is 0.0833. The molecule has 3 nitrogen and oxygen atoms in total. The first-order valence-electron chi connectivity index (χ1n) is 4.62. The Labute approximate surface area is 87.6 Å². The molecule has 0 bridgehead atoms. The summed E-state index contributed by atoms with van der Waals surface area (Å²) in [7, 11) is 0. The topological polar surface area (TPSA) is 38.8 Å². The molecule has 1 aromatic rings. The van der Waals surface area contributed by atoms with Crippen LogP contribution in [0.15, 0.2) is 48.4 Å². The highest BCUT2D eigenvalue weighted by atomic mass is 16.6. The van der Waals surface area contributed by atoms with E-state index < -0.39 is 5.97 Å². The van der Waals surface area contributed by atoms with Gasteiger partial charge in [0.1, 0.15) is 12.9 Å². The minimum absolute atomic E-state index is 0.258. The smallest absolute Gasteiger partial charge is 0.377 e. The summed E-state index contributed by atoms with van der Waals surface area (Å²) in [6.07, 6.45) is 5.05. The second kappa shape index (κ2) is 4.46. The van der Waals surface area contributed by atoms with E-state index in [4.69, 9.17) is 4.74 Å². The van der Waals surface area contributed by atoms with Gasteiger partial charge in [-0.2, -0.15) is 0 Å². The van der Waals surface area contributed by atoms with Crippen LogP contribution in [0.3, 0.4) is 0 Å². The quantitative estimate of drug-likeness (QED) is 0.702. The SMILES string of the molecule is O=C(OCC=Cc1ccccc1)C1=CO1. The number of esters is 1. The summed E-state index contributed by atoms with van der Waals surface area (Å²) < 4.78 is 9.45. The zero-order valence-corrected chi connectivity index (χ0v) is 8.05. The molecule has 15 heavy (non-hydrogen) atoms. The van der Waals surface area contributed by atoms with E-state index in [2.05, 4.69) is 4.74 Å². The molecule has 1 aliphatic rings. The second-order valence-electron chi connectivity index (χ2n) is 3.01. The van der Waals surface area contributed by atoms with Crippen molar-refractivity contribution in [2.24, 2.45) is 0 Å². The number of hydrogen-bond donors (Lipinski definition) is 0. The number of rotatable bonds is 4. The average Bonchev–Trinajstić information content (AvgIpc) is 3.09. The Morgan fingerprint density at radius 2 is 2.07 bits per heavy atom. The zero-order chi connectivity index (χ0) is 10.5. The van der Waals surface area contributed by atoms with Gasteiger partial charge >= 0.3 is 5.97 Å². The van der Waals surface area contributed by atoms with Crippen molar-refractivity contribution in [3.05, 3.63) is 54.0 Å². The number of ether oxygens (including phenoxy) is 2. The van der Waals surface area contributed by atoms with Gasteiger partial charge in [0, 0.05) is 0 Å². The molecule has 76 valence electrons. The molecule has 1 heterocycles. The predicted molar refractivity (Wildman–Crippen MR) is 55.6 cm³/mol. The third kappa shape index (κ3) is 2.98. The van der Waals surface area contributed by atoms with Crippen LogP contribution in [-0.2, 0) is 14.3 Å². The van der Waals surface area contributed by atoms with E-state index in [1.807, 2.05) is 36.4 Å². The fourth-order valence-corrected chi connectivity index (χ4v) is 1.07. The standard InChI is InChI=1S/C12H10O3/c13-12(11-9-15-11)14-8-4-7-10-5-2-1-3-6-10/h1-7,9H,8H2. The second-order valence-corrected chi connectivity index (χ2v) is 3.01. The average molecular weight is 202 g/mol. The van der Waals surface area contributed by atoms with Crippen molar-refractivity contribution in [1.29, 1.82) is 0 Å². The van der Waals surface area contributed by atoms with Crippen LogP contribution in [0.1, 0.15) is 5.56 Å². The number of benzene rings is 1. The molecule has 0 aromatic heterocycles. The van der Waals surface area contributed by atoms with Crippen LogP contribution in [0, 0.1) is 0 Å². The molecular weight excluding hydrogens is 192 g/mol. The first-order valence-corrected chi connectivity index (χ1v) is 4.62. The molecule has 2 rings (SSSR count). The van der Waals surface area contributed by atoms with Crippen molar-refractivity contribution in [2.45, 2.75) is 0 Å². The molecule has 3 heteroatoms. The van der Waals surface area contributed by atoms with Crippen molar-refractivity contribution in [2.75, 3.05) is 6.61 Å². The highest BCUT2D eigenvalue weighted by molar-refractivity contribution is 5.88. The number of carbonyl (C=O) groups excluding carboxylic acids is 1. The van der Waals surface area contributed by atoms with Gasteiger partial charge in [0.25, 0.3) is 0 Å². The third-order valence-corrected chi connectivity index (χ3v) is 1.86. The van der Waals surface area contributed by atoms with Crippen molar-refractivity contribution < 1.29 is 14.3 Å². The van der Waals surface area contributed by atoms with Crippen LogP contribution in [0.25, 0.3) is 6.08 Å². The molecule has 0 fully saturated rings. The van der Waals surface area contributed by atoms with E-state index in [1.54, 1.807) is 6.08 Å². The Morgan fingerprint density at radius 1 is 1.33 bits per heavy atom. The van der Waals surface area contributed by atoms with Crippen LogP contribution in [0.5, 0.6) is 0 Å². The van der Waals surface area contributed by atoms with Crippen LogP contribution in [0.2, 0.25) is 0 Å². The monoisotopic (exact) mass is 202 g/mol. The van der Waals surface area contributed by atoms with Crippen LogP contribution < -0.4 is 0 Å². The molecule has 0 saturated carbocycles. The summed E-state index contributed by atoms with van der Waals surface area (Å²) in [5.41, 5.74) is 1.08. The van der Waals surface area contributed by atoms with Gasteiger partial charge in [-0.1, -0.05) is 36.4 Å². The van der Waals surface area contributed by atoms with Crippen LogP contribution in [-0.4, -0.2) is 12.6 Å². The Balaban J connectivity index is 1.75. The molecule has 0 N–H and O–H groups in total. The predicted octanol–water partition coefficient (Wildman–Crippen LogP) is 2.11. The van der Waals surface area contributed by atoms with Crippen LogP contribution >= 0.6 is 0 Å². The lowest BCUT2D eigenvalue weighted by atomic mass is 10.2. The van der Waals surface area contributed by atoms with Gasteiger partial charge in [0.05, 0.1) is 0 Å². The zero-order valence-electron chi connectivity index (χ0n) is 8.05. The lowest BCUT2D eigenvalue weighted by molar-refractivity contribution is -0.138. The van der Waals surface area contributed by atoms with Crippen molar-refractivity contribution in [3.8, 4) is 0 Å². The van der Waals surface area contributed by atoms with E-state index in [1.165, 1.54) is 6.26 Å². The molecule has 1 aliphatic heterocycles. The van der Waals surface area contributed by atoms with Gasteiger partial charge in [-0.05, 0) is 11.6 Å². The van der Waals surface area contributed by atoms with Gasteiger partial charge in [0.2, 0.25) is 5.76 Å². The summed E-state index contributed by atoms with van der Waals surface area (Å²) in [6.45, 7) is 0.258. The van der Waals surface area contributed by atoms with Gasteiger partial charge in [-0.15, -0.1) is 0 Å². The molecule has 0 aliphatic carbocycles. The van der Waals surface area contributed by atoms with Gasteiger partial charge in [-0.3, -0.25) is 0 Å². The van der Waals surface area contributed by atoms with E-state index in [0.717, 1.165) is 5.56 Å². The lowest BCUT2D eigenvalue weighted by Gasteiger charge is -1.95. The summed E-state index contributed by atoms with van der Waals surface area (Å²) >= 11 is 0. The first-order chi connectivity index (χ1) is 7.36. The maximum absolute atomic E-state index is 11.0. The highest BCUT2D eigenvalue weighted by Gasteiger charge is 2.21. The number of carbonyl (C=O) groups is 1. The van der Waals surface area contributed by atoms with Crippen molar-refractivity contribution >= 4 is 12.0 Å². The maximum atomic E-state index is 11.0. The van der Waals surface area contributed by atoms with Gasteiger partial charge in [0.15, 0.2) is 0 Å². The van der Waals surface area contributed by atoms with Gasteiger partial charge < -0.3 is 9.47 Å². The third-order valence-electron chi connectivity index (χ3n) is 1.86. The Hall–Kier alpha value is -2.03. The molecule has 0 amide bonds. The Morgan fingerprint density at radius 3 is 2.73 bits per heavy atom. The highest BCUT2D eigenvalue weighted by Crippen LogP contribution is 2.14. The summed E-state index contributed by atoms with van der Waals surface area (Å²) in [5, 5.41) is 0. The van der Waals surface area contributed by atoms with E-state index in [-0.39, 0.29) is 6.61 Å². The molecule has 0 unspecified atom stereocenters. The van der Waals surface area contributed by atoms with E-state index in [9.17, 15) is 4.79 Å². The Bertz CT molecular complexity index is 404. The minimum Gasteiger partial charge on any atom is -0.456 e. The largest absolute Gasteiger partial charge is 0.456 e. The molecule has 0 radical (unpaired) electrons. The normalized spacial score (nSPS) is 13.2. The van der Waals surface area contributed by atoms with Crippen molar-refractivity contribution in [1.82, 2.24) is 0 Å². The minimum atomic E-state index is -0.410. The van der Waals surface area contributed by atoms with Crippen molar-refractivity contribution in [3.63, 3.8) is 0 Å². The lowest BCUT2D eigenvalue weighted by Crippen LogP contribution is -2.02. The summed E-state index contributed by atoms with van der Waals surface area (Å²) in [4.78, 5) is 11.0. The van der Waals surface area contributed by atoms with E-state index in [0.29, 0.717) is 5.76 Å². The Kier molecular flexibility index (Phi) is 2.83. The molecule has 0 spiro atoms. The molecule has 1 aromatic carbocycles. The number of hydrogen-bond acceptors (Lipinski definition) is 3. The molecule has 0 saturated heterocycles. The molecular formula is C12H10O3. The first kappa shape index (κ1) is 9.52. The maximum Gasteiger partial charge on any atom is 0.377 e. The van der Waals surface area contributed by atoms with Crippen LogP contribution in [0.4, 0.5) is 0 Å². The van der Waals surface area contributed by atoms with E-state index >= 15 is 0 Å².